The van der Waals surface area contributed by atoms with Crippen molar-refractivity contribution in [3.8, 4) is 0 Å². The highest BCUT2D eigenvalue weighted by atomic mass is 16.5. The molecule has 0 aliphatic carbocycles. The Labute approximate surface area is 139 Å². The summed E-state index contributed by atoms with van der Waals surface area (Å²) < 4.78 is 5.38. The number of aliphatic hydroxyl groups is 1. The standard InChI is InChI=1S/C19H29NO3/c1-19(2,14-15-9-12-23-13-10-15)18(22)20-11-8-17(21)16-6-4-3-5-7-16/h3-7,15,17,21H,8-14H2,1-2H3,(H,20,22). The van der Waals surface area contributed by atoms with Crippen LogP contribution in [0.4, 0.5) is 0 Å². The molecule has 128 valence electrons. The summed E-state index contributed by atoms with van der Waals surface area (Å²) in [4.78, 5) is 12.4. The Kier molecular flexibility index (Phi) is 6.60. The molecule has 1 amide bonds. The van der Waals surface area contributed by atoms with Crippen LogP contribution in [-0.2, 0) is 9.53 Å². The highest BCUT2D eigenvalue weighted by Crippen LogP contribution is 2.31. The Morgan fingerprint density at radius 3 is 2.61 bits per heavy atom. The van der Waals surface area contributed by atoms with Crippen LogP contribution >= 0.6 is 0 Å². The molecule has 1 aliphatic rings. The molecule has 0 aromatic heterocycles. The zero-order chi connectivity index (χ0) is 16.7. The molecule has 4 nitrogen and oxygen atoms in total. The van der Waals surface area contributed by atoms with E-state index in [0.717, 1.165) is 38.0 Å². The van der Waals surface area contributed by atoms with Gasteiger partial charge in [-0.15, -0.1) is 0 Å². The Bertz CT molecular complexity index is 481. The van der Waals surface area contributed by atoms with E-state index >= 15 is 0 Å². The summed E-state index contributed by atoms with van der Waals surface area (Å²) in [7, 11) is 0. The van der Waals surface area contributed by atoms with Crippen molar-refractivity contribution in [2.24, 2.45) is 11.3 Å². The fraction of sp³-hybridized carbons (Fsp3) is 0.632. The lowest BCUT2D eigenvalue weighted by Gasteiger charge is -2.31. The molecule has 23 heavy (non-hydrogen) atoms. The third-order valence-corrected chi connectivity index (χ3v) is 4.64. The van der Waals surface area contributed by atoms with E-state index in [-0.39, 0.29) is 11.3 Å². The zero-order valence-corrected chi connectivity index (χ0v) is 14.3. The van der Waals surface area contributed by atoms with Crippen LogP contribution in [0.3, 0.4) is 0 Å². The number of carbonyl (C=O) groups is 1. The summed E-state index contributed by atoms with van der Waals surface area (Å²) in [5.41, 5.74) is 0.517. The maximum absolute atomic E-state index is 12.4. The average molecular weight is 319 g/mol. The first-order chi connectivity index (χ1) is 11.0. The summed E-state index contributed by atoms with van der Waals surface area (Å²) in [5.74, 6) is 0.642. The first-order valence-corrected chi connectivity index (χ1v) is 8.58. The molecule has 2 N–H and O–H groups in total. The lowest BCUT2D eigenvalue weighted by atomic mass is 9.79. The van der Waals surface area contributed by atoms with Crippen LogP contribution < -0.4 is 5.32 Å². The molecule has 1 atom stereocenters. The van der Waals surface area contributed by atoms with E-state index in [4.69, 9.17) is 4.74 Å². The Balaban J connectivity index is 1.74. The van der Waals surface area contributed by atoms with Crippen molar-refractivity contribution in [3.05, 3.63) is 35.9 Å². The second-order valence-corrected chi connectivity index (χ2v) is 7.11. The predicted octanol–water partition coefficient (Wildman–Crippen LogP) is 3.07. The highest BCUT2D eigenvalue weighted by Gasteiger charge is 2.31. The molecule has 1 aromatic rings. The third-order valence-electron chi connectivity index (χ3n) is 4.64. The van der Waals surface area contributed by atoms with Crippen molar-refractivity contribution >= 4 is 5.91 Å². The van der Waals surface area contributed by atoms with Gasteiger partial charge in [-0.3, -0.25) is 4.79 Å². The summed E-state index contributed by atoms with van der Waals surface area (Å²) in [5, 5.41) is 13.1. The average Bonchev–Trinajstić information content (AvgIpc) is 2.56. The molecule has 1 unspecified atom stereocenters. The third kappa shape index (κ3) is 5.63. The lowest BCUT2D eigenvalue weighted by molar-refractivity contribution is -0.130. The molecule has 2 rings (SSSR count). The fourth-order valence-electron chi connectivity index (χ4n) is 3.17. The van der Waals surface area contributed by atoms with Gasteiger partial charge in [0.15, 0.2) is 0 Å². The van der Waals surface area contributed by atoms with Gasteiger partial charge in [-0.25, -0.2) is 0 Å². The molecular formula is C19H29NO3. The van der Waals surface area contributed by atoms with Crippen molar-refractivity contribution in [1.82, 2.24) is 5.32 Å². The molecule has 1 aromatic carbocycles. The largest absolute Gasteiger partial charge is 0.388 e. The number of rotatable bonds is 7. The Morgan fingerprint density at radius 1 is 1.30 bits per heavy atom. The van der Waals surface area contributed by atoms with E-state index in [1.807, 2.05) is 44.2 Å². The van der Waals surface area contributed by atoms with Crippen LogP contribution in [0.25, 0.3) is 0 Å². The quantitative estimate of drug-likeness (QED) is 0.812. The summed E-state index contributed by atoms with van der Waals surface area (Å²) in [6, 6.07) is 9.56. The van der Waals surface area contributed by atoms with Crippen molar-refractivity contribution in [2.75, 3.05) is 19.8 Å². The number of benzene rings is 1. The molecule has 0 radical (unpaired) electrons. The van der Waals surface area contributed by atoms with E-state index in [0.29, 0.717) is 18.9 Å². The molecule has 1 saturated heterocycles. The molecule has 0 saturated carbocycles. The van der Waals surface area contributed by atoms with Crippen LogP contribution in [0, 0.1) is 11.3 Å². The minimum absolute atomic E-state index is 0.0734. The van der Waals surface area contributed by atoms with Crippen LogP contribution in [0.15, 0.2) is 30.3 Å². The second-order valence-electron chi connectivity index (χ2n) is 7.11. The predicted molar refractivity (Wildman–Crippen MR) is 91.0 cm³/mol. The van der Waals surface area contributed by atoms with Gasteiger partial charge in [-0.1, -0.05) is 44.2 Å². The molecule has 1 aliphatic heterocycles. The van der Waals surface area contributed by atoms with E-state index in [1.165, 1.54) is 0 Å². The molecule has 4 heteroatoms. The monoisotopic (exact) mass is 319 g/mol. The Hall–Kier alpha value is -1.39. The minimum Gasteiger partial charge on any atom is -0.388 e. The number of aliphatic hydroxyl groups excluding tert-OH is 1. The van der Waals surface area contributed by atoms with Gasteiger partial charge in [0.1, 0.15) is 0 Å². The number of hydrogen-bond donors (Lipinski definition) is 2. The second kappa shape index (κ2) is 8.46. The van der Waals surface area contributed by atoms with Crippen molar-refractivity contribution < 1.29 is 14.6 Å². The minimum atomic E-state index is -0.532. The number of amides is 1. The van der Waals surface area contributed by atoms with E-state index < -0.39 is 6.10 Å². The molecule has 0 spiro atoms. The summed E-state index contributed by atoms with van der Waals surface area (Å²) in [6.07, 6.45) is 2.98. The normalized spacial score (nSPS) is 17.7. The van der Waals surface area contributed by atoms with Gasteiger partial charge < -0.3 is 15.2 Å². The number of ether oxygens (including phenoxy) is 1. The molecule has 0 bridgehead atoms. The van der Waals surface area contributed by atoms with Gasteiger partial charge in [0.05, 0.1) is 6.10 Å². The zero-order valence-electron chi connectivity index (χ0n) is 14.3. The SMILES string of the molecule is CC(C)(CC1CCOCC1)C(=O)NCCC(O)c1ccccc1. The van der Waals surface area contributed by atoms with Gasteiger partial charge in [0, 0.05) is 25.2 Å². The van der Waals surface area contributed by atoms with Crippen molar-refractivity contribution in [1.29, 1.82) is 0 Å². The van der Waals surface area contributed by atoms with Gasteiger partial charge in [0.25, 0.3) is 0 Å². The van der Waals surface area contributed by atoms with Crippen LogP contribution in [0.1, 0.15) is 51.2 Å². The van der Waals surface area contributed by atoms with E-state index in [9.17, 15) is 9.90 Å². The van der Waals surface area contributed by atoms with Crippen molar-refractivity contribution in [3.63, 3.8) is 0 Å². The lowest BCUT2D eigenvalue weighted by Crippen LogP contribution is -2.39. The molecule has 1 fully saturated rings. The number of nitrogens with one attached hydrogen (secondary N) is 1. The first-order valence-electron chi connectivity index (χ1n) is 8.58. The van der Waals surface area contributed by atoms with Gasteiger partial charge in [-0.05, 0) is 37.2 Å². The van der Waals surface area contributed by atoms with Crippen LogP contribution in [0.2, 0.25) is 0 Å². The molecule has 1 heterocycles. The van der Waals surface area contributed by atoms with E-state index in [1.54, 1.807) is 0 Å². The topological polar surface area (TPSA) is 58.6 Å². The smallest absolute Gasteiger partial charge is 0.225 e. The Morgan fingerprint density at radius 2 is 1.96 bits per heavy atom. The summed E-state index contributed by atoms with van der Waals surface area (Å²) in [6.45, 7) is 6.13. The van der Waals surface area contributed by atoms with Crippen LogP contribution in [0.5, 0.6) is 0 Å². The first kappa shape index (κ1) is 18.0. The fourth-order valence-corrected chi connectivity index (χ4v) is 3.17. The van der Waals surface area contributed by atoms with E-state index in [2.05, 4.69) is 5.32 Å². The van der Waals surface area contributed by atoms with Gasteiger partial charge in [0.2, 0.25) is 5.91 Å². The molecular weight excluding hydrogens is 290 g/mol. The number of carbonyl (C=O) groups excluding carboxylic acids is 1. The maximum atomic E-state index is 12.4. The van der Waals surface area contributed by atoms with Gasteiger partial charge >= 0.3 is 0 Å². The van der Waals surface area contributed by atoms with Gasteiger partial charge in [-0.2, -0.15) is 0 Å². The summed E-state index contributed by atoms with van der Waals surface area (Å²) >= 11 is 0. The highest BCUT2D eigenvalue weighted by molar-refractivity contribution is 5.81. The maximum Gasteiger partial charge on any atom is 0.225 e. The number of hydrogen-bond acceptors (Lipinski definition) is 3. The van der Waals surface area contributed by atoms with Crippen molar-refractivity contribution in [2.45, 2.75) is 45.6 Å². The van der Waals surface area contributed by atoms with Crippen LogP contribution in [-0.4, -0.2) is 30.8 Å².